The number of rotatable bonds is 6. The van der Waals surface area contributed by atoms with E-state index in [4.69, 9.17) is 11.6 Å². The number of sulfonamides is 1. The maximum Gasteiger partial charge on any atom is 0.338 e. The molecule has 0 saturated heterocycles. The first-order chi connectivity index (χ1) is 14.2. The number of hydrogen-bond donors (Lipinski definition) is 2. The molecule has 1 aliphatic rings. The lowest BCUT2D eigenvalue weighted by atomic mass is 10.2. The number of benzene rings is 2. The van der Waals surface area contributed by atoms with Crippen molar-refractivity contribution in [3.8, 4) is 0 Å². The van der Waals surface area contributed by atoms with Crippen LogP contribution in [0, 0.1) is 0 Å². The van der Waals surface area contributed by atoms with Crippen LogP contribution in [0.4, 0.5) is 11.4 Å². The number of anilines is 1. The molecule has 0 aliphatic carbocycles. The molecule has 2 aromatic carbocycles. The van der Waals surface area contributed by atoms with E-state index < -0.39 is 27.9 Å². The van der Waals surface area contributed by atoms with Crippen molar-refractivity contribution in [3.05, 3.63) is 53.1 Å². The number of aromatic carboxylic acids is 1. The van der Waals surface area contributed by atoms with Gasteiger partial charge in [0, 0.05) is 5.02 Å². The number of hydrazone groups is 1. The molecule has 0 radical (unpaired) electrons. The lowest BCUT2D eigenvalue weighted by molar-refractivity contribution is -0.117. The Balaban J connectivity index is 2.01. The summed E-state index contributed by atoms with van der Waals surface area (Å²) in [6, 6.07) is 9.01. The number of amides is 1. The van der Waals surface area contributed by atoms with Crippen LogP contribution < -0.4 is 9.73 Å². The summed E-state index contributed by atoms with van der Waals surface area (Å²) in [5.41, 5.74) is -0.0357. The minimum Gasteiger partial charge on any atom is -0.478 e. The van der Waals surface area contributed by atoms with Gasteiger partial charge in [-0.05, 0) is 44.3 Å². The summed E-state index contributed by atoms with van der Waals surface area (Å²) < 4.78 is 26.7. The van der Waals surface area contributed by atoms with Gasteiger partial charge in [0.05, 0.1) is 17.0 Å². The monoisotopic (exact) mass is 449 g/mol. The van der Waals surface area contributed by atoms with Gasteiger partial charge in [-0.25, -0.2) is 17.9 Å². The number of carboxylic acid groups (broad SMARTS) is 1. The van der Waals surface area contributed by atoms with E-state index in [-0.39, 0.29) is 16.1 Å². The second-order valence-corrected chi connectivity index (χ2v) is 8.45. The Morgan fingerprint density at radius 3 is 2.60 bits per heavy atom. The first kappa shape index (κ1) is 21.6. The van der Waals surface area contributed by atoms with Gasteiger partial charge in [0.1, 0.15) is 10.6 Å². The van der Waals surface area contributed by atoms with Crippen molar-refractivity contribution in [1.82, 2.24) is 4.72 Å². The van der Waals surface area contributed by atoms with Crippen LogP contribution in [-0.2, 0) is 14.8 Å². The lowest BCUT2D eigenvalue weighted by Gasteiger charge is -2.12. The third kappa shape index (κ3) is 4.08. The van der Waals surface area contributed by atoms with Crippen LogP contribution in [0.5, 0.6) is 0 Å². The van der Waals surface area contributed by atoms with Crippen molar-refractivity contribution in [2.75, 3.05) is 12.1 Å². The van der Waals surface area contributed by atoms with Gasteiger partial charge in [0.15, 0.2) is 6.04 Å². The highest BCUT2D eigenvalue weighted by atomic mass is 35.5. The Labute approximate surface area is 176 Å². The first-order valence-electron chi connectivity index (χ1n) is 8.51. The molecule has 0 aromatic heterocycles. The van der Waals surface area contributed by atoms with E-state index in [1.807, 2.05) is 0 Å². The quantitative estimate of drug-likeness (QED) is 0.652. The number of carboxylic acids is 1. The molecule has 156 valence electrons. The smallest absolute Gasteiger partial charge is 0.338 e. The molecule has 3 rings (SSSR count). The third-order valence-electron chi connectivity index (χ3n) is 4.21. The molecule has 2 aromatic rings. The zero-order chi connectivity index (χ0) is 22.1. The van der Waals surface area contributed by atoms with Crippen LogP contribution in [0.2, 0.25) is 5.02 Å². The van der Waals surface area contributed by atoms with Crippen LogP contribution in [0.25, 0.3) is 0 Å². The summed E-state index contributed by atoms with van der Waals surface area (Å²) in [6.45, 7) is 1.56. The third-order valence-corrected chi connectivity index (χ3v) is 5.89. The molecule has 1 unspecified atom stereocenters. The first-order valence-corrected chi connectivity index (χ1v) is 10.4. The van der Waals surface area contributed by atoms with Crippen molar-refractivity contribution in [2.24, 2.45) is 15.3 Å². The lowest BCUT2D eigenvalue weighted by Crippen LogP contribution is -2.29. The maximum absolute atomic E-state index is 12.8. The topological polar surface area (TPSA) is 141 Å². The van der Waals surface area contributed by atoms with E-state index in [0.717, 1.165) is 5.01 Å². The molecule has 0 bridgehead atoms. The van der Waals surface area contributed by atoms with Crippen molar-refractivity contribution < 1.29 is 23.1 Å². The highest BCUT2D eigenvalue weighted by Crippen LogP contribution is 2.31. The van der Waals surface area contributed by atoms with E-state index in [9.17, 15) is 23.1 Å². The van der Waals surface area contributed by atoms with Gasteiger partial charge in [-0.15, -0.1) is 0 Å². The van der Waals surface area contributed by atoms with Crippen LogP contribution in [-0.4, -0.2) is 44.2 Å². The van der Waals surface area contributed by atoms with Gasteiger partial charge in [0.25, 0.3) is 5.91 Å². The van der Waals surface area contributed by atoms with Crippen molar-refractivity contribution >= 4 is 50.6 Å². The van der Waals surface area contributed by atoms with E-state index in [0.29, 0.717) is 16.4 Å². The number of nitrogens with one attached hydrogen (secondary N) is 1. The van der Waals surface area contributed by atoms with Gasteiger partial charge in [-0.2, -0.15) is 20.3 Å². The maximum atomic E-state index is 12.8. The second-order valence-electron chi connectivity index (χ2n) is 6.15. The minimum absolute atomic E-state index is 0.301. The number of carbonyl (C=O) groups is 2. The van der Waals surface area contributed by atoms with Crippen molar-refractivity contribution in [3.63, 3.8) is 0 Å². The largest absolute Gasteiger partial charge is 0.478 e. The SMILES string of the molecule is CNS(=O)(=O)c1cccc(C(=O)O)c1N=NC1C(=O)N(c2cccc(Cl)c2)N=C1C. The van der Waals surface area contributed by atoms with Crippen molar-refractivity contribution in [2.45, 2.75) is 17.9 Å². The molecule has 1 aliphatic heterocycles. The number of nitrogens with zero attached hydrogens (tertiary/aromatic N) is 4. The van der Waals surface area contributed by atoms with Gasteiger partial charge in [-0.1, -0.05) is 23.7 Å². The predicted octanol–water partition coefficient (Wildman–Crippen LogP) is 2.82. The van der Waals surface area contributed by atoms with E-state index in [1.165, 1.54) is 25.2 Å². The molecule has 1 amide bonds. The molecule has 2 N–H and O–H groups in total. The summed E-state index contributed by atoms with van der Waals surface area (Å²) in [4.78, 5) is 24.0. The fourth-order valence-corrected chi connectivity index (χ4v) is 3.79. The fraction of sp³-hybridized carbons (Fsp3) is 0.167. The Bertz CT molecular complexity index is 1200. The summed E-state index contributed by atoms with van der Waals surface area (Å²) in [6.07, 6.45) is 0. The number of halogens is 1. The zero-order valence-corrected chi connectivity index (χ0v) is 17.3. The summed E-state index contributed by atoms with van der Waals surface area (Å²) in [7, 11) is -2.84. The van der Waals surface area contributed by atoms with E-state index >= 15 is 0 Å². The molecular weight excluding hydrogens is 434 g/mol. The average Bonchev–Trinajstić information content (AvgIpc) is 2.99. The fourth-order valence-electron chi connectivity index (χ4n) is 2.72. The van der Waals surface area contributed by atoms with Gasteiger partial charge in [-0.3, -0.25) is 4.79 Å². The second kappa shape index (κ2) is 8.30. The Kier molecular flexibility index (Phi) is 5.97. The number of carbonyl (C=O) groups excluding carboxylic acids is 1. The summed E-state index contributed by atoms with van der Waals surface area (Å²) >= 11 is 5.96. The molecular formula is C18H16ClN5O5S. The molecule has 1 heterocycles. The highest BCUT2D eigenvalue weighted by molar-refractivity contribution is 7.89. The molecule has 0 fully saturated rings. The molecule has 12 heteroatoms. The molecule has 30 heavy (non-hydrogen) atoms. The average molecular weight is 450 g/mol. The Morgan fingerprint density at radius 1 is 1.27 bits per heavy atom. The van der Waals surface area contributed by atoms with Crippen molar-refractivity contribution in [1.29, 1.82) is 0 Å². The van der Waals surface area contributed by atoms with Gasteiger partial charge in [0.2, 0.25) is 10.0 Å². The Hall–Kier alpha value is -3.15. The normalized spacial score (nSPS) is 16.9. The molecule has 0 saturated carbocycles. The van der Waals surface area contributed by atoms with E-state index in [1.54, 1.807) is 31.2 Å². The molecule has 0 spiro atoms. The van der Waals surface area contributed by atoms with Crippen LogP contribution in [0.1, 0.15) is 17.3 Å². The molecule has 10 nitrogen and oxygen atoms in total. The summed E-state index contributed by atoms with van der Waals surface area (Å²) in [5.74, 6) is -1.93. The molecule has 1 atom stereocenters. The highest BCUT2D eigenvalue weighted by Gasteiger charge is 2.35. The van der Waals surface area contributed by atoms with Gasteiger partial charge < -0.3 is 5.11 Å². The summed E-state index contributed by atoms with van der Waals surface area (Å²) in [5, 5.41) is 22.9. The number of azo groups is 1. The standard InChI is InChI=1S/C18H16ClN5O5S/c1-10-15(17(25)24(23-10)12-6-3-5-11(19)9-12)21-22-16-13(18(26)27)7-4-8-14(16)30(28,29)20-2/h3-9,15,20H,1-2H3,(H,26,27). The van der Waals surface area contributed by atoms with Gasteiger partial charge >= 0.3 is 5.97 Å². The van der Waals surface area contributed by atoms with Crippen LogP contribution >= 0.6 is 11.6 Å². The van der Waals surface area contributed by atoms with Crippen LogP contribution in [0.15, 0.2) is 62.7 Å². The predicted molar refractivity (Wildman–Crippen MR) is 110 cm³/mol. The van der Waals surface area contributed by atoms with Crippen LogP contribution in [0.3, 0.4) is 0 Å². The zero-order valence-electron chi connectivity index (χ0n) is 15.8. The number of hydrogen-bond acceptors (Lipinski definition) is 7. The van der Waals surface area contributed by atoms with E-state index in [2.05, 4.69) is 20.1 Å². The minimum atomic E-state index is -4.02. The Morgan fingerprint density at radius 2 is 1.97 bits per heavy atom.